The van der Waals surface area contributed by atoms with Gasteiger partial charge in [-0.3, -0.25) is 5.32 Å². The van der Waals surface area contributed by atoms with Crippen LogP contribution in [0.1, 0.15) is 0 Å². The van der Waals surface area contributed by atoms with E-state index in [-0.39, 0.29) is 5.37 Å². The minimum Gasteiger partial charge on any atom is -0.293 e. The Labute approximate surface area is 46.9 Å². The lowest BCUT2D eigenvalue weighted by Crippen LogP contribution is -2.16. The van der Waals surface area contributed by atoms with E-state index in [4.69, 9.17) is 5.26 Å². The van der Waals surface area contributed by atoms with Gasteiger partial charge in [-0.05, 0) is 0 Å². The Morgan fingerprint density at radius 2 is 2.71 bits per heavy atom. The molecule has 1 fully saturated rings. The topological polar surface area (TPSA) is 35.8 Å². The zero-order chi connectivity index (χ0) is 5.11. The zero-order valence-electron chi connectivity index (χ0n) is 3.85. The van der Waals surface area contributed by atoms with Crippen LogP contribution in [0.25, 0.3) is 0 Å². The Bertz CT molecular complexity index is 90.4. The van der Waals surface area contributed by atoms with E-state index in [1.807, 2.05) is 0 Å². The molecule has 0 spiro atoms. The molecule has 0 radical (unpaired) electrons. The molecule has 1 heterocycles. The average Bonchev–Trinajstić information content (AvgIpc) is 2.14. The summed E-state index contributed by atoms with van der Waals surface area (Å²) in [5.74, 6) is 1.08. The summed E-state index contributed by atoms with van der Waals surface area (Å²) in [5.41, 5.74) is 0. The summed E-state index contributed by atoms with van der Waals surface area (Å²) >= 11 is 1.67. The molecule has 0 bridgehead atoms. The van der Waals surface area contributed by atoms with Crippen LogP contribution in [0, 0.1) is 11.3 Å². The van der Waals surface area contributed by atoms with Gasteiger partial charge in [0.2, 0.25) is 0 Å². The monoisotopic (exact) mass is 114 g/mol. The molecule has 7 heavy (non-hydrogen) atoms. The van der Waals surface area contributed by atoms with Gasteiger partial charge in [0.05, 0.1) is 6.07 Å². The van der Waals surface area contributed by atoms with Crippen molar-refractivity contribution in [2.24, 2.45) is 0 Å². The molecular formula is C4H6N2S. The molecule has 0 aromatic rings. The summed E-state index contributed by atoms with van der Waals surface area (Å²) in [5, 5.41) is 11.3. The number of hydrogen-bond acceptors (Lipinski definition) is 3. The fourth-order valence-corrected chi connectivity index (χ4v) is 1.29. The second-order valence-corrected chi connectivity index (χ2v) is 2.55. The van der Waals surface area contributed by atoms with E-state index in [1.165, 1.54) is 0 Å². The van der Waals surface area contributed by atoms with Crippen molar-refractivity contribution < 1.29 is 0 Å². The largest absolute Gasteiger partial charge is 0.293 e. The van der Waals surface area contributed by atoms with Gasteiger partial charge in [0, 0.05) is 12.3 Å². The first kappa shape index (κ1) is 4.95. The number of thioether (sulfide) groups is 1. The summed E-state index contributed by atoms with van der Waals surface area (Å²) < 4.78 is 0. The zero-order valence-corrected chi connectivity index (χ0v) is 4.66. The molecule has 0 aliphatic carbocycles. The first-order chi connectivity index (χ1) is 3.43. The Kier molecular flexibility index (Phi) is 1.55. The Morgan fingerprint density at radius 3 is 3.00 bits per heavy atom. The van der Waals surface area contributed by atoms with E-state index < -0.39 is 0 Å². The Hall–Kier alpha value is -0.200. The molecule has 0 amide bonds. The van der Waals surface area contributed by atoms with Gasteiger partial charge >= 0.3 is 0 Å². The molecular weight excluding hydrogens is 108 g/mol. The van der Waals surface area contributed by atoms with Gasteiger partial charge in [0.1, 0.15) is 5.37 Å². The van der Waals surface area contributed by atoms with Crippen molar-refractivity contribution in [1.82, 2.24) is 5.32 Å². The van der Waals surface area contributed by atoms with E-state index >= 15 is 0 Å². The summed E-state index contributed by atoms with van der Waals surface area (Å²) in [6.07, 6.45) is 0. The van der Waals surface area contributed by atoms with Crippen LogP contribution >= 0.6 is 11.8 Å². The van der Waals surface area contributed by atoms with E-state index in [9.17, 15) is 0 Å². The van der Waals surface area contributed by atoms with Crippen molar-refractivity contribution in [3.05, 3.63) is 0 Å². The molecule has 1 N–H and O–H groups in total. The Morgan fingerprint density at radius 1 is 1.86 bits per heavy atom. The van der Waals surface area contributed by atoms with Crippen LogP contribution in [0.2, 0.25) is 0 Å². The maximum Gasteiger partial charge on any atom is 0.142 e. The number of nitrogens with one attached hydrogen (secondary N) is 1. The standard InChI is InChI=1S/C4H6N2S/c5-3-4-6-1-2-7-4/h4,6H,1-2H2/t4-/m0/s1. The van der Waals surface area contributed by atoms with Crippen LogP contribution in [-0.4, -0.2) is 17.7 Å². The van der Waals surface area contributed by atoms with Crippen molar-refractivity contribution >= 4 is 11.8 Å². The van der Waals surface area contributed by atoms with Crippen LogP contribution < -0.4 is 5.32 Å². The summed E-state index contributed by atoms with van der Waals surface area (Å²) in [7, 11) is 0. The van der Waals surface area contributed by atoms with Gasteiger partial charge in [0.15, 0.2) is 0 Å². The molecule has 3 heteroatoms. The van der Waals surface area contributed by atoms with Crippen LogP contribution in [0.15, 0.2) is 0 Å². The van der Waals surface area contributed by atoms with Crippen LogP contribution in [0.5, 0.6) is 0 Å². The molecule has 0 aromatic carbocycles. The molecule has 1 atom stereocenters. The molecule has 1 aliphatic rings. The van der Waals surface area contributed by atoms with E-state index in [2.05, 4.69) is 11.4 Å². The minimum atomic E-state index is 0.0694. The number of rotatable bonds is 0. The first-order valence-corrected chi connectivity index (χ1v) is 3.23. The molecule has 1 saturated heterocycles. The van der Waals surface area contributed by atoms with Crippen LogP contribution in [0.3, 0.4) is 0 Å². The normalized spacial score (nSPS) is 29.9. The number of hydrogen-bond donors (Lipinski definition) is 1. The van der Waals surface area contributed by atoms with E-state index in [0.29, 0.717) is 0 Å². The summed E-state index contributed by atoms with van der Waals surface area (Å²) in [4.78, 5) is 0. The van der Waals surface area contributed by atoms with E-state index in [0.717, 1.165) is 12.3 Å². The SMILES string of the molecule is N#C[C@H]1NCCS1. The Balaban J connectivity index is 2.31. The van der Waals surface area contributed by atoms with Crippen LogP contribution in [-0.2, 0) is 0 Å². The van der Waals surface area contributed by atoms with E-state index in [1.54, 1.807) is 11.8 Å². The second kappa shape index (κ2) is 2.20. The maximum absolute atomic E-state index is 8.23. The molecule has 0 saturated carbocycles. The lowest BCUT2D eigenvalue weighted by Gasteiger charge is -1.90. The fraction of sp³-hybridized carbons (Fsp3) is 0.750. The highest BCUT2D eigenvalue weighted by Crippen LogP contribution is 2.11. The third kappa shape index (κ3) is 1.08. The fourth-order valence-electron chi connectivity index (χ4n) is 0.509. The number of nitrogens with zero attached hydrogens (tertiary/aromatic N) is 1. The summed E-state index contributed by atoms with van der Waals surface area (Å²) in [6.45, 7) is 0.989. The average molecular weight is 114 g/mol. The highest BCUT2D eigenvalue weighted by Gasteiger charge is 2.11. The number of nitriles is 1. The van der Waals surface area contributed by atoms with Gasteiger partial charge in [-0.2, -0.15) is 5.26 Å². The van der Waals surface area contributed by atoms with Crippen molar-refractivity contribution in [3.63, 3.8) is 0 Å². The predicted octanol–water partition coefficient (Wildman–Crippen LogP) is 0.172. The molecule has 0 aromatic heterocycles. The van der Waals surface area contributed by atoms with Crippen molar-refractivity contribution in [1.29, 1.82) is 5.26 Å². The minimum absolute atomic E-state index is 0.0694. The molecule has 1 aliphatic heterocycles. The molecule has 1 rings (SSSR count). The van der Waals surface area contributed by atoms with Gasteiger partial charge in [-0.1, -0.05) is 0 Å². The summed E-state index contributed by atoms with van der Waals surface area (Å²) in [6, 6.07) is 2.12. The lowest BCUT2D eigenvalue weighted by atomic mass is 10.6. The quantitative estimate of drug-likeness (QED) is 0.487. The second-order valence-electron chi connectivity index (χ2n) is 1.33. The highest BCUT2D eigenvalue weighted by molar-refractivity contribution is 8.00. The smallest absolute Gasteiger partial charge is 0.142 e. The molecule has 0 unspecified atom stereocenters. The predicted molar refractivity (Wildman–Crippen MR) is 29.9 cm³/mol. The van der Waals surface area contributed by atoms with Gasteiger partial charge < -0.3 is 0 Å². The third-order valence-corrected chi connectivity index (χ3v) is 1.88. The highest BCUT2D eigenvalue weighted by atomic mass is 32.2. The molecule has 38 valence electrons. The van der Waals surface area contributed by atoms with Crippen LogP contribution in [0.4, 0.5) is 0 Å². The maximum atomic E-state index is 8.23. The molecule has 2 nitrogen and oxygen atoms in total. The van der Waals surface area contributed by atoms with Gasteiger partial charge in [0.25, 0.3) is 0 Å². The van der Waals surface area contributed by atoms with Crippen molar-refractivity contribution in [2.75, 3.05) is 12.3 Å². The first-order valence-electron chi connectivity index (χ1n) is 2.18. The van der Waals surface area contributed by atoms with Gasteiger partial charge in [-0.25, -0.2) is 0 Å². The van der Waals surface area contributed by atoms with Gasteiger partial charge in [-0.15, -0.1) is 11.8 Å². The lowest BCUT2D eigenvalue weighted by molar-refractivity contribution is 0.813. The van der Waals surface area contributed by atoms with Crippen molar-refractivity contribution in [2.45, 2.75) is 5.37 Å². The third-order valence-electron chi connectivity index (χ3n) is 0.834. The van der Waals surface area contributed by atoms with Crippen molar-refractivity contribution in [3.8, 4) is 6.07 Å².